The van der Waals surface area contributed by atoms with Crippen LogP contribution >= 0.6 is 23.1 Å². The van der Waals surface area contributed by atoms with Gasteiger partial charge >= 0.3 is 0 Å². The quantitative estimate of drug-likeness (QED) is 0.268. The van der Waals surface area contributed by atoms with Crippen LogP contribution in [0.4, 0.5) is 18.3 Å². The number of benzene rings is 2. The fourth-order valence-corrected chi connectivity index (χ4v) is 4.41. The topological polar surface area (TPSA) is 80.9 Å². The van der Waals surface area contributed by atoms with Crippen LogP contribution in [0.5, 0.6) is 0 Å². The van der Waals surface area contributed by atoms with Gasteiger partial charge in [0.15, 0.2) is 16.0 Å². The Morgan fingerprint density at radius 2 is 1.84 bits per heavy atom. The van der Waals surface area contributed by atoms with E-state index in [9.17, 15) is 18.0 Å². The van der Waals surface area contributed by atoms with E-state index in [1.54, 1.807) is 12.1 Å². The Kier molecular flexibility index (Phi) is 6.86. The fraction of sp³-hybridized carbons (Fsp3) is 0.143. The molecular formula is C21H15F3N4O2S2. The first kappa shape index (κ1) is 22.0. The molecule has 2 heterocycles. The molecule has 2 aromatic carbocycles. The van der Waals surface area contributed by atoms with Crippen molar-refractivity contribution in [1.82, 2.24) is 15.2 Å². The standard InChI is InChI=1S/C21H15F3N4O2S2/c22-13-3-1-12(2-4-13)11-31-21-28-27-20(32-21)26-18(29)7-8-19-25-10-17(30-19)15-6-5-14(23)9-16(15)24/h1-6,9-10H,7-8,11H2,(H,26,27,29). The van der Waals surface area contributed by atoms with Crippen LogP contribution in [0.15, 0.2) is 57.4 Å². The molecule has 0 aliphatic rings. The third-order valence-electron chi connectivity index (χ3n) is 4.24. The molecule has 0 fully saturated rings. The minimum absolute atomic E-state index is 0.0729. The Bertz CT molecular complexity index is 1230. The van der Waals surface area contributed by atoms with Crippen LogP contribution in [0.2, 0.25) is 0 Å². The Morgan fingerprint density at radius 3 is 2.62 bits per heavy atom. The Morgan fingerprint density at radius 1 is 1.06 bits per heavy atom. The van der Waals surface area contributed by atoms with Crippen molar-refractivity contribution in [2.45, 2.75) is 22.9 Å². The maximum absolute atomic E-state index is 13.9. The summed E-state index contributed by atoms with van der Waals surface area (Å²) in [6, 6.07) is 9.35. The summed E-state index contributed by atoms with van der Waals surface area (Å²) in [4.78, 5) is 16.2. The lowest BCUT2D eigenvalue weighted by Crippen LogP contribution is -2.12. The van der Waals surface area contributed by atoms with E-state index in [1.807, 2.05) is 0 Å². The molecule has 0 saturated carbocycles. The first-order valence-electron chi connectivity index (χ1n) is 9.37. The van der Waals surface area contributed by atoms with E-state index in [1.165, 1.54) is 47.5 Å². The van der Waals surface area contributed by atoms with Crippen molar-refractivity contribution in [2.75, 3.05) is 5.32 Å². The zero-order valence-electron chi connectivity index (χ0n) is 16.3. The van der Waals surface area contributed by atoms with Crippen LogP contribution in [0.25, 0.3) is 11.3 Å². The summed E-state index contributed by atoms with van der Waals surface area (Å²) in [7, 11) is 0. The average molecular weight is 477 g/mol. The van der Waals surface area contributed by atoms with Gasteiger partial charge in [-0.15, -0.1) is 10.2 Å². The molecule has 0 aliphatic heterocycles. The third-order valence-corrected chi connectivity index (χ3v) is 6.29. The van der Waals surface area contributed by atoms with Crippen molar-refractivity contribution in [3.63, 3.8) is 0 Å². The van der Waals surface area contributed by atoms with E-state index >= 15 is 0 Å². The van der Waals surface area contributed by atoms with E-state index in [0.717, 1.165) is 17.7 Å². The maximum Gasteiger partial charge on any atom is 0.226 e. The number of thioether (sulfide) groups is 1. The summed E-state index contributed by atoms with van der Waals surface area (Å²) in [5, 5.41) is 11.0. The highest BCUT2D eigenvalue weighted by molar-refractivity contribution is 8.00. The van der Waals surface area contributed by atoms with Gasteiger partial charge in [-0.2, -0.15) is 0 Å². The summed E-state index contributed by atoms with van der Waals surface area (Å²) in [5.41, 5.74) is 1.04. The predicted molar refractivity (Wildman–Crippen MR) is 115 cm³/mol. The number of amides is 1. The lowest BCUT2D eigenvalue weighted by atomic mass is 10.2. The molecule has 0 saturated heterocycles. The molecule has 0 unspecified atom stereocenters. The smallest absolute Gasteiger partial charge is 0.226 e. The Labute approximate surface area is 188 Å². The lowest BCUT2D eigenvalue weighted by Gasteiger charge is -2.00. The van der Waals surface area contributed by atoms with Crippen molar-refractivity contribution < 1.29 is 22.4 Å². The molecule has 164 valence electrons. The molecule has 2 aromatic heterocycles. The number of aromatic nitrogens is 3. The van der Waals surface area contributed by atoms with Gasteiger partial charge in [-0.25, -0.2) is 18.2 Å². The van der Waals surface area contributed by atoms with Crippen molar-refractivity contribution >= 4 is 34.1 Å². The fourth-order valence-electron chi connectivity index (χ4n) is 2.69. The number of rotatable bonds is 8. The van der Waals surface area contributed by atoms with E-state index < -0.39 is 11.6 Å². The molecule has 4 rings (SSSR count). The predicted octanol–water partition coefficient (Wildman–Crippen LogP) is 5.47. The molecule has 6 nitrogen and oxygen atoms in total. The van der Waals surface area contributed by atoms with Gasteiger partial charge < -0.3 is 9.73 Å². The van der Waals surface area contributed by atoms with Gasteiger partial charge in [-0.3, -0.25) is 4.79 Å². The number of carbonyl (C=O) groups excluding carboxylic acids is 1. The largest absolute Gasteiger partial charge is 0.441 e. The molecule has 0 radical (unpaired) electrons. The van der Waals surface area contributed by atoms with Crippen molar-refractivity contribution in [3.8, 4) is 11.3 Å². The Hall–Kier alpha value is -3.18. The first-order valence-corrected chi connectivity index (χ1v) is 11.2. The Balaban J connectivity index is 1.26. The lowest BCUT2D eigenvalue weighted by molar-refractivity contribution is -0.116. The minimum atomic E-state index is -0.755. The summed E-state index contributed by atoms with van der Waals surface area (Å²) >= 11 is 2.67. The number of oxazole rings is 1. The summed E-state index contributed by atoms with van der Waals surface area (Å²) in [6.45, 7) is 0. The molecule has 4 aromatic rings. The zero-order chi connectivity index (χ0) is 22.5. The number of hydrogen-bond donors (Lipinski definition) is 1. The van der Waals surface area contributed by atoms with Crippen molar-refractivity contribution in [1.29, 1.82) is 0 Å². The highest BCUT2D eigenvalue weighted by Gasteiger charge is 2.14. The van der Waals surface area contributed by atoms with Crippen molar-refractivity contribution in [2.24, 2.45) is 0 Å². The van der Waals surface area contributed by atoms with Gasteiger partial charge in [0.1, 0.15) is 17.5 Å². The summed E-state index contributed by atoms with van der Waals surface area (Å²) in [5.74, 6) is -1.01. The van der Waals surface area contributed by atoms with Gasteiger partial charge in [-0.1, -0.05) is 35.2 Å². The van der Waals surface area contributed by atoms with Gasteiger partial charge in [0.05, 0.1) is 11.8 Å². The molecule has 0 aliphatic carbocycles. The molecule has 0 atom stereocenters. The van der Waals surface area contributed by atoms with Crippen molar-refractivity contribution in [3.05, 3.63) is 77.6 Å². The number of aryl methyl sites for hydroxylation is 1. The van der Waals surface area contributed by atoms with Crippen LogP contribution in [-0.4, -0.2) is 21.1 Å². The first-order chi connectivity index (χ1) is 15.5. The second kappa shape index (κ2) is 9.96. The number of hydrogen-bond acceptors (Lipinski definition) is 7. The van der Waals surface area contributed by atoms with E-state index in [2.05, 4.69) is 20.5 Å². The maximum atomic E-state index is 13.9. The molecule has 0 spiro atoms. The van der Waals surface area contributed by atoms with Crippen LogP contribution in [0.3, 0.4) is 0 Å². The van der Waals surface area contributed by atoms with Gasteiger partial charge in [0, 0.05) is 24.7 Å². The number of anilines is 1. The number of halogens is 3. The van der Waals surface area contributed by atoms with E-state index in [4.69, 9.17) is 4.42 Å². The average Bonchev–Trinajstić information content (AvgIpc) is 3.41. The highest BCUT2D eigenvalue weighted by Crippen LogP contribution is 2.29. The molecule has 0 bridgehead atoms. The number of nitrogens with zero attached hydrogens (tertiary/aromatic N) is 3. The van der Waals surface area contributed by atoms with Crippen LogP contribution in [-0.2, 0) is 17.0 Å². The minimum Gasteiger partial charge on any atom is -0.441 e. The molecule has 11 heteroatoms. The molecule has 1 N–H and O–H groups in total. The number of nitrogens with one attached hydrogen (secondary N) is 1. The van der Waals surface area contributed by atoms with Crippen LogP contribution in [0, 0.1) is 17.5 Å². The zero-order valence-corrected chi connectivity index (χ0v) is 18.0. The molecular weight excluding hydrogens is 461 g/mol. The van der Waals surface area contributed by atoms with Gasteiger partial charge in [0.2, 0.25) is 11.0 Å². The summed E-state index contributed by atoms with van der Waals surface area (Å²) < 4.78 is 46.0. The van der Waals surface area contributed by atoms with Gasteiger partial charge in [0.25, 0.3) is 0 Å². The van der Waals surface area contributed by atoms with Crippen LogP contribution in [0.1, 0.15) is 17.9 Å². The number of carbonyl (C=O) groups is 1. The third kappa shape index (κ3) is 5.74. The second-order valence-corrected chi connectivity index (χ2v) is 8.78. The second-order valence-electron chi connectivity index (χ2n) is 6.58. The van der Waals surface area contributed by atoms with Crippen LogP contribution < -0.4 is 5.32 Å². The SMILES string of the molecule is O=C(CCc1ncc(-c2ccc(F)cc2F)o1)Nc1nnc(SCc2ccc(F)cc2)s1. The normalized spacial score (nSPS) is 11.0. The monoisotopic (exact) mass is 476 g/mol. The summed E-state index contributed by atoms with van der Waals surface area (Å²) in [6.07, 6.45) is 1.60. The van der Waals surface area contributed by atoms with E-state index in [-0.39, 0.29) is 41.8 Å². The molecule has 32 heavy (non-hydrogen) atoms. The van der Waals surface area contributed by atoms with E-state index in [0.29, 0.717) is 15.2 Å². The van der Waals surface area contributed by atoms with Gasteiger partial charge in [-0.05, 0) is 29.8 Å². The highest BCUT2D eigenvalue weighted by atomic mass is 32.2. The molecule has 1 amide bonds.